The van der Waals surface area contributed by atoms with Gasteiger partial charge >= 0.3 is 0 Å². The van der Waals surface area contributed by atoms with Crippen LogP contribution in [0, 0.1) is 5.92 Å². The molecule has 1 aromatic rings. The highest BCUT2D eigenvalue weighted by Gasteiger charge is 2.21. The Morgan fingerprint density at radius 3 is 2.39 bits per heavy atom. The summed E-state index contributed by atoms with van der Waals surface area (Å²) in [5, 5.41) is 0. The Morgan fingerprint density at radius 1 is 1.04 bits per heavy atom. The van der Waals surface area contributed by atoms with E-state index in [0.717, 1.165) is 25.7 Å². The number of nitrogens with one attached hydrogen (secondary N) is 2. The fourth-order valence-corrected chi connectivity index (χ4v) is 2.60. The van der Waals surface area contributed by atoms with Crippen molar-refractivity contribution in [2.24, 2.45) is 5.92 Å². The van der Waals surface area contributed by atoms with Gasteiger partial charge in [-0.1, -0.05) is 19.3 Å². The third-order valence-electron chi connectivity index (χ3n) is 3.95. The molecule has 1 fully saturated rings. The zero-order chi connectivity index (χ0) is 16.5. The van der Waals surface area contributed by atoms with Crippen molar-refractivity contribution in [1.29, 1.82) is 0 Å². The first kappa shape index (κ1) is 17.3. The zero-order valence-corrected chi connectivity index (χ0v) is 13.5. The third kappa shape index (κ3) is 5.56. The van der Waals surface area contributed by atoms with Crippen LogP contribution in [0.5, 0.6) is 5.75 Å². The second kappa shape index (κ2) is 9.15. The van der Waals surface area contributed by atoms with E-state index in [1.807, 2.05) is 0 Å². The summed E-state index contributed by atoms with van der Waals surface area (Å²) in [5.41, 5.74) is 5.46. The molecule has 1 aliphatic carbocycles. The van der Waals surface area contributed by atoms with Crippen molar-refractivity contribution in [3.05, 3.63) is 29.8 Å². The van der Waals surface area contributed by atoms with Crippen molar-refractivity contribution >= 4 is 11.8 Å². The average molecular weight is 320 g/mol. The largest absolute Gasteiger partial charge is 0.491 e. The Labute approximate surface area is 136 Å². The van der Waals surface area contributed by atoms with Gasteiger partial charge in [0, 0.05) is 18.6 Å². The number of ether oxygens (including phenoxy) is 2. The number of carbonyl (C=O) groups is 2. The molecule has 23 heavy (non-hydrogen) atoms. The number of hydrogen-bond donors (Lipinski definition) is 2. The van der Waals surface area contributed by atoms with Crippen molar-refractivity contribution in [2.45, 2.75) is 32.1 Å². The lowest BCUT2D eigenvalue weighted by molar-refractivity contribution is -0.126. The minimum Gasteiger partial charge on any atom is -0.491 e. The highest BCUT2D eigenvalue weighted by Crippen LogP contribution is 2.23. The van der Waals surface area contributed by atoms with Gasteiger partial charge < -0.3 is 9.47 Å². The van der Waals surface area contributed by atoms with E-state index in [1.54, 1.807) is 31.4 Å². The summed E-state index contributed by atoms with van der Waals surface area (Å²) in [6.07, 6.45) is 5.15. The number of carbonyl (C=O) groups excluding carboxylic acids is 2. The molecular formula is C17H24N2O4. The van der Waals surface area contributed by atoms with Crippen molar-refractivity contribution in [1.82, 2.24) is 10.9 Å². The number of rotatable bonds is 6. The minimum atomic E-state index is -0.336. The molecule has 0 atom stereocenters. The highest BCUT2D eigenvalue weighted by atomic mass is 16.5. The van der Waals surface area contributed by atoms with Crippen LogP contribution in [0.25, 0.3) is 0 Å². The van der Waals surface area contributed by atoms with Gasteiger partial charge in [0.2, 0.25) is 5.91 Å². The second-order valence-corrected chi connectivity index (χ2v) is 5.64. The number of benzene rings is 1. The van der Waals surface area contributed by atoms with Crippen LogP contribution in [-0.4, -0.2) is 32.1 Å². The maximum atomic E-state index is 12.0. The first-order chi connectivity index (χ1) is 11.2. The molecule has 0 radical (unpaired) electrons. The van der Waals surface area contributed by atoms with E-state index in [4.69, 9.17) is 9.47 Å². The van der Waals surface area contributed by atoms with Gasteiger partial charge in [-0.15, -0.1) is 0 Å². The topological polar surface area (TPSA) is 76.7 Å². The van der Waals surface area contributed by atoms with Crippen LogP contribution in [0.3, 0.4) is 0 Å². The Morgan fingerprint density at radius 2 is 1.74 bits per heavy atom. The van der Waals surface area contributed by atoms with Gasteiger partial charge in [0.05, 0.1) is 6.61 Å². The molecular weight excluding hydrogens is 296 g/mol. The van der Waals surface area contributed by atoms with Gasteiger partial charge in [-0.2, -0.15) is 0 Å². The van der Waals surface area contributed by atoms with Crippen LogP contribution < -0.4 is 15.6 Å². The van der Waals surface area contributed by atoms with E-state index in [9.17, 15) is 9.59 Å². The number of hydrogen-bond acceptors (Lipinski definition) is 4. The molecule has 1 aliphatic rings. The molecule has 1 aromatic carbocycles. The lowest BCUT2D eigenvalue weighted by atomic mass is 9.89. The summed E-state index contributed by atoms with van der Waals surface area (Å²) in [4.78, 5) is 24.0. The van der Waals surface area contributed by atoms with Crippen LogP contribution in [0.15, 0.2) is 24.3 Å². The molecule has 0 heterocycles. The lowest BCUT2D eigenvalue weighted by Gasteiger charge is -2.20. The van der Waals surface area contributed by atoms with E-state index < -0.39 is 0 Å². The zero-order valence-electron chi connectivity index (χ0n) is 13.5. The summed E-state index contributed by atoms with van der Waals surface area (Å²) in [6.45, 7) is 0.967. The van der Waals surface area contributed by atoms with E-state index in [2.05, 4.69) is 10.9 Å². The molecule has 0 unspecified atom stereocenters. The summed E-state index contributed by atoms with van der Waals surface area (Å²) in [7, 11) is 1.61. The number of hydrazine groups is 1. The third-order valence-corrected chi connectivity index (χ3v) is 3.95. The van der Waals surface area contributed by atoms with Crippen molar-refractivity contribution in [3.63, 3.8) is 0 Å². The van der Waals surface area contributed by atoms with Gasteiger partial charge in [-0.25, -0.2) is 0 Å². The van der Waals surface area contributed by atoms with Crippen LogP contribution in [0.4, 0.5) is 0 Å². The average Bonchev–Trinajstić information content (AvgIpc) is 2.61. The number of amides is 2. The molecule has 6 nitrogen and oxygen atoms in total. The molecule has 2 rings (SSSR count). The fourth-order valence-electron chi connectivity index (χ4n) is 2.60. The Kier molecular flexibility index (Phi) is 6.87. The van der Waals surface area contributed by atoms with Gasteiger partial charge in [0.1, 0.15) is 12.4 Å². The van der Waals surface area contributed by atoms with Crippen molar-refractivity contribution in [2.75, 3.05) is 20.3 Å². The molecule has 126 valence electrons. The Bertz CT molecular complexity index is 510. The molecule has 0 spiro atoms. The summed E-state index contributed by atoms with van der Waals surface area (Å²) in [5.74, 6) is 0.251. The van der Waals surface area contributed by atoms with Crippen molar-refractivity contribution in [3.8, 4) is 5.75 Å². The fraction of sp³-hybridized carbons (Fsp3) is 0.529. The van der Waals surface area contributed by atoms with Crippen LogP contribution >= 0.6 is 0 Å². The van der Waals surface area contributed by atoms with Gasteiger partial charge in [-0.3, -0.25) is 20.4 Å². The molecule has 0 aromatic heterocycles. The summed E-state index contributed by atoms with van der Waals surface area (Å²) < 4.78 is 10.3. The first-order valence-corrected chi connectivity index (χ1v) is 8.02. The normalized spacial score (nSPS) is 15.0. The standard InChI is InChI=1S/C17H24N2O4/c1-22-11-12-23-15-9-7-14(8-10-15)17(21)19-18-16(20)13-5-3-2-4-6-13/h7-10,13H,2-6,11-12H2,1H3,(H,18,20)(H,19,21). The Hall–Kier alpha value is -2.08. The lowest BCUT2D eigenvalue weighted by Crippen LogP contribution is -2.44. The van der Waals surface area contributed by atoms with Crippen LogP contribution in [-0.2, 0) is 9.53 Å². The maximum absolute atomic E-state index is 12.0. The molecule has 0 bridgehead atoms. The quantitative estimate of drug-likeness (QED) is 0.621. The SMILES string of the molecule is COCCOc1ccc(C(=O)NNC(=O)C2CCCCC2)cc1. The molecule has 6 heteroatoms. The molecule has 0 aliphatic heterocycles. The van der Waals surface area contributed by atoms with E-state index >= 15 is 0 Å². The van der Waals surface area contributed by atoms with Crippen molar-refractivity contribution < 1.29 is 19.1 Å². The molecule has 1 saturated carbocycles. The van der Waals surface area contributed by atoms with Crippen LogP contribution in [0.1, 0.15) is 42.5 Å². The van der Waals surface area contributed by atoms with Gasteiger partial charge in [0.15, 0.2) is 0 Å². The van der Waals surface area contributed by atoms with E-state index in [1.165, 1.54) is 6.42 Å². The second-order valence-electron chi connectivity index (χ2n) is 5.64. The van der Waals surface area contributed by atoms with E-state index in [-0.39, 0.29) is 17.7 Å². The first-order valence-electron chi connectivity index (χ1n) is 8.02. The minimum absolute atomic E-state index is 0.0145. The molecule has 2 amide bonds. The monoisotopic (exact) mass is 320 g/mol. The molecule has 0 saturated heterocycles. The van der Waals surface area contributed by atoms with E-state index in [0.29, 0.717) is 24.5 Å². The smallest absolute Gasteiger partial charge is 0.269 e. The summed E-state index contributed by atoms with van der Waals surface area (Å²) in [6, 6.07) is 6.75. The maximum Gasteiger partial charge on any atom is 0.269 e. The summed E-state index contributed by atoms with van der Waals surface area (Å²) >= 11 is 0. The number of methoxy groups -OCH3 is 1. The highest BCUT2D eigenvalue weighted by molar-refractivity contribution is 5.95. The van der Waals surface area contributed by atoms with Crippen LogP contribution in [0.2, 0.25) is 0 Å². The molecule has 2 N–H and O–H groups in total. The predicted octanol–water partition coefficient (Wildman–Crippen LogP) is 2.05. The predicted molar refractivity (Wildman–Crippen MR) is 86.0 cm³/mol. The van der Waals surface area contributed by atoms with Gasteiger partial charge in [0.25, 0.3) is 5.91 Å². The Balaban J connectivity index is 1.77. The van der Waals surface area contributed by atoms with Gasteiger partial charge in [-0.05, 0) is 37.1 Å².